The van der Waals surface area contributed by atoms with Crippen molar-refractivity contribution in [3.63, 3.8) is 0 Å². The van der Waals surface area contributed by atoms with Gasteiger partial charge in [0.25, 0.3) is 5.91 Å². The Morgan fingerprint density at radius 3 is 2.74 bits per heavy atom. The summed E-state index contributed by atoms with van der Waals surface area (Å²) in [5.41, 5.74) is 5.76. The van der Waals surface area contributed by atoms with E-state index in [1.807, 2.05) is 23.1 Å². The van der Waals surface area contributed by atoms with Crippen molar-refractivity contribution in [3.05, 3.63) is 103 Å². The lowest BCUT2D eigenvalue weighted by Crippen LogP contribution is -2.26. The Kier molecular flexibility index (Phi) is 5.86. The second-order valence-electron chi connectivity index (χ2n) is 8.52. The molecule has 1 aliphatic rings. The summed E-state index contributed by atoms with van der Waals surface area (Å²) >= 11 is 0. The summed E-state index contributed by atoms with van der Waals surface area (Å²) in [5.74, 6) is -0.0441. The molecule has 1 unspecified atom stereocenters. The molecule has 1 N–H and O–H groups in total. The van der Waals surface area contributed by atoms with Crippen molar-refractivity contribution in [2.24, 2.45) is 0 Å². The van der Waals surface area contributed by atoms with Crippen molar-refractivity contribution >= 4 is 23.0 Å². The van der Waals surface area contributed by atoms with E-state index in [2.05, 4.69) is 33.4 Å². The van der Waals surface area contributed by atoms with Gasteiger partial charge in [0, 0.05) is 36.5 Å². The molecule has 0 spiro atoms. The zero-order valence-electron chi connectivity index (χ0n) is 19.0. The molecule has 1 fully saturated rings. The Labute approximate surface area is 202 Å². The van der Waals surface area contributed by atoms with E-state index in [1.165, 1.54) is 11.6 Å². The predicted molar refractivity (Wildman–Crippen MR) is 134 cm³/mol. The van der Waals surface area contributed by atoms with Gasteiger partial charge in [-0.05, 0) is 66.1 Å². The standard InChI is InChI=1S/C28H23N5O2/c1-2-27(34)32-13-11-22(17-32)24-15-26(33-18-30-12-10-25(24)33)20-6-8-21(9-7-20)28(35)31-23-5-3-4-19(14-23)16-29/h2-10,12,14-15,18,22H,1,11,13,17H2,(H,31,35). The fourth-order valence-electron chi connectivity index (χ4n) is 4.63. The Hall–Kier alpha value is -4.70. The Morgan fingerprint density at radius 2 is 1.97 bits per heavy atom. The third-order valence-corrected chi connectivity index (χ3v) is 6.41. The molecular weight excluding hydrogens is 438 g/mol. The van der Waals surface area contributed by atoms with Crippen LogP contribution in [0.25, 0.3) is 16.8 Å². The Morgan fingerprint density at radius 1 is 1.14 bits per heavy atom. The molecule has 2 amide bonds. The first-order valence-electron chi connectivity index (χ1n) is 11.4. The van der Waals surface area contributed by atoms with Crippen molar-refractivity contribution in [1.29, 1.82) is 5.26 Å². The SMILES string of the molecule is C=CC(=O)N1CCC(c2cc(-c3ccc(C(=O)Nc4cccc(C#N)c4)cc3)n3cnccc23)C1. The molecule has 0 aliphatic carbocycles. The van der Waals surface area contributed by atoms with Crippen LogP contribution < -0.4 is 5.32 Å². The van der Waals surface area contributed by atoms with Crippen LogP contribution in [0.15, 0.2) is 85.8 Å². The van der Waals surface area contributed by atoms with E-state index >= 15 is 0 Å². The summed E-state index contributed by atoms with van der Waals surface area (Å²) in [6.45, 7) is 4.98. The maximum absolute atomic E-state index is 12.7. The number of amides is 2. The first kappa shape index (κ1) is 22.1. The number of carbonyl (C=O) groups excluding carboxylic acids is 2. The van der Waals surface area contributed by atoms with Gasteiger partial charge in [0.05, 0.1) is 29.2 Å². The number of nitrogens with zero attached hydrogens (tertiary/aromatic N) is 4. The molecule has 1 aliphatic heterocycles. The quantitative estimate of drug-likeness (QED) is 0.439. The molecule has 2 aromatic heterocycles. The summed E-state index contributed by atoms with van der Waals surface area (Å²) in [7, 11) is 0. The lowest BCUT2D eigenvalue weighted by Gasteiger charge is -2.13. The molecule has 1 atom stereocenters. The average molecular weight is 462 g/mol. The number of nitriles is 1. The number of nitrogens with one attached hydrogen (secondary N) is 1. The van der Waals surface area contributed by atoms with Crippen LogP contribution in [0.2, 0.25) is 0 Å². The topological polar surface area (TPSA) is 90.5 Å². The van der Waals surface area contributed by atoms with Crippen LogP contribution in [-0.2, 0) is 4.79 Å². The monoisotopic (exact) mass is 461 g/mol. The molecule has 7 heteroatoms. The second-order valence-corrected chi connectivity index (χ2v) is 8.52. The smallest absolute Gasteiger partial charge is 0.255 e. The van der Waals surface area contributed by atoms with Crippen LogP contribution in [0.4, 0.5) is 5.69 Å². The largest absolute Gasteiger partial charge is 0.339 e. The second kappa shape index (κ2) is 9.27. The van der Waals surface area contributed by atoms with E-state index in [0.29, 0.717) is 29.9 Å². The minimum absolute atomic E-state index is 0.0360. The number of hydrogen-bond donors (Lipinski definition) is 1. The summed E-state index contributed by atoms with van der Waals surface area (Å²) in [6, 6.07) is 20.4. The number of carbonyl (C=O) groups is 2. The number of likely N-dealkylation sites (tertiary alicyclic amines) is 1. The Bertz CT molecular complexity index is 1480. The number of fused-ring (bicyclic) bond motifs is 1. The molecular formula is C28H23N5O2. The highest BCUT2D eigenvalue weighted by Crippen LogP contribution is 2.35. The fraction of sp³-hybridized carbons (Fsp3) is 0.143. The molecule has 5 rings (SSSR count). The molecule has 172 valence electrons. The number of benzene rings is 2. The van der Waals surface area contributed by atoms with E-state index in [4.69, 9.17) is 5.26 Å². The van der Waals surface area contributed by atoms with Crippen LogP contribution in [0, 0.1) is 11.3 Å². The number of aromatic nitrogens is 2. The van der Waals surface area contributed by atoms with Crippen molar-refractivity contribution < 1.29 is 9.59 Å². The third kappa shape index (κ3) is 4.30. The summed E-state index contributed by atoms with van der Waals surface area (Å²) in [6.07, 6.45) is 5.83. The lowest BCUT2D eigenvalue weighted by molar-refractivity contribution is -0.125. The van der Waals surface area contributed by atoms with Gasteiger partial charge < -0.3 is 14.6 Å². The molecule has 1 saturated heterocycles. The predicted octanol–water partition coefficient (Wildman–Crippen LogP) is 4.63. The van der Waals surface area contributed by atoms with Crippen LogP contribution in [0.3, 0.4) is 0 Å². The maximum Gasteiger partial charge on any atom is 0.255 e. The van der Waals surface area contributed by atoms with Gasteiger partial charge in [-0.2, -0.15) is 5.26 Å². The molecule has 4 aromatic rings. The highest BCUT2D eigenvalue weighted by Gasteiger charge is 2.28. The first-order valence-corrected chi connectivity index (χ1v) is 11.4. The number of hydrogen-bond acceptors (Lipinski definition) is 4. The van der Waals surface area contributed by atoms with E-state index in [-0.39, 0.29) is 17.7 Å². The van der Waals surface area contributed by atoms with Gasteiger partial charge in [0.15, 0.2) is 0 Å². The molecule has 0 saturated carbocycles. The van der Waals surface area contributed by atoms with Crippen molar-refractivity contribution in [3.8, 4) is 17.3 Å². The highest BCUT2D eigenvalue weighted by atomic mass is 16.2. The van der Waals surface area contributed by atoms with Crippen LogP contribution in [0.5, 0.6) is 0 Å². The summed E-state index contributed by atoms with van der Waals surface area (Å²) in [4.78, 5) is 30.9. The fourth-order valence-corrected chi connectivity index (χ4v) is 4.63. The first-order chi connectivity index (χ1) is 17.1. The molecule has 3 heterocycles. The van der Waals surface area contributed by atoms with Gasteiger partial charge in [-0.25, -0.2) is 4.98 Å². The molecule has 2 aromatic carbocycles. The molecule has 0 bridgehead atoms. The lowest BCUT2D eigenvalue weighted by atomic mass is 9.98. The van der Waals surface area contributed by atoms with Gasteiger partial charge in [0.2, 0.25) is 5.91 Å². The summed E-state index contributed by atoms with van der Waals surface area (Å²) in [5, 5.41) is 11.9. The van der Waals surface area contributed by atoms with Gasteiger partial charge in [-0.1, -0.05) is 24.8 Å². The van der Waals surface area contributed by atoms with Gasteiger partial charge >= 0.3 is 0 Å². The maximum atomic E-state index is 12.7. The van der Waals surface area contributed by atoms with Crippen LogP contribution in [0.1, 0.15) is 33.8 Å². The normalized spacial score (nSPS) is 15.1. The minimum atomic E-state index is -0.244. The van der Waals surface area contributed by atoms with Crippen molar-refractivity contribution in [1.82, 2.24) is 14.3 Å². The average Bonchev–Trinajstić information content (AvgIpc) is 3.54. The van der Waals surface area contributed by atoms with E-state index < -0.39 is 0 Å². The third-order valence-electron chi connectivity index (χ3n) is 6.41. The number of anilines is 1. The van der Waals surface area contributed by atoms with Gasteiger partial charge in [-0.15, -0.1) is 0 Å². The van der Waals surface area contributed by atoms with Crippen LogP contribution in [-0.4, -0.2) is 39.2 Å². The van der Waals surface area contributed by atoms with Crippen molar-refractivity contribution in [2.75, 3.05) is 18.4 Å². The Balaban J connectivity index is 1.41. The van der Waals surface area contributed by atoms with Crippen molar-refractivity contribution in [2.45, 2.75) is 12.3 Å². The molecule has 0 radical (unpaired) electrons. The van der Waals surface area contributed by atoms with E-state index in [9.17, 15) is 9.59 Å². The number of rotatable bonds is 5. The minimum Gasteiger partial charge on any atom is -0.339 e. The van der Waals surface area contributed by atoms with Crippen LogP contribution >= 0.6 is 0 Å². The van der Waals surface area contributed by atoms with Gasteiger partial charge in [-0.3, -0.25) is 9.59 Å². The zero-order valence-corrected chi connectivity index (χ0v) is 19.0. The van der Waals surface area contributed by atoms with E-state index in [1.54, 1.807) is 48.9 Å². The zero-order chi connectivity index (χ0) is 24.4. The summed E-state index contributed by atoms with van der Waals surface area (Å²) < 4.78 is 2.05. The molecule has 35 heavy (non-hydrogen) atoms. The van der Waals surface area contributed by atoms with Gasteiger partial charge in [0.1, 0.15) is 0 Å². The highest BCUT2D eigenvalue weighted by molar-refractivity contribution is 6.04. The molecule has 7 nitrogen and oxygen atoms in total. The van der Waals surface area contributed by atoms with E-state index in [0.717, 1.165) is 23.2 Å².